The maximum Gasteiger partial charge on any atom is 0.146 e. The second kappa shape index (κ2) is 28.0. The first-order chi connectivity index (χ1) is 40.4. The molecule has 0 spiro atoms. The Morgan fingerprint density at radius 3 is 1.10 bits per heavy atom. The summed E-state index contributed by atoms with van der Waals surface area (Å²) in [5.41, 5.74) is 13.6. The molecule has 6 nitrogen and oxygen atoms in total. The number of fused-ring (bicyclic) bond motifs is 4. The van der Waals surface area contributed by atoms with Crippen LogP contribution in [0.2, 0.25) is 0 Å². The average molecular weight is 1200 g/mol. The molecule has 0 aliphatic carbocycles. The summed E-state index contributed by atoms with van der Waals surface area (Å²) in [5.74, 6) is 2.81. The van der Waals surface area contributed by atoms with Crippen LogP contribution in [0.4, 0.5) is 0 Å². The molecule has 6 heterocycles. The topological polar surface area (TPSA) is 70.0 Å². The van der Waals surface area contributed by atoms with Crippen LogP contribution in [0.5, 0.6) is 11.5 Å². The molecular weight excluding hydrogens is 1120 g/mol. The molecule has 12 heteroatoms. The van der Waals surface area contributed by atoms with Gasteiger partial charge in [-0.3, -0.25) is 0 Å². The lowest BCUT2D eigenvalue weighted by atomic mass is 10.0. The Kier molecular flexibility index (Phi) is 20.0. The Hall–Kier alpha value is -5.34. The predicted octanol–water partition coefficient (Wildman–Crippen LogP) is 23.7. The molecule has 0 radical (unpaired) electrons. The van der Waals surface area contributed by atoms with Crippen molar-refractivity contribution in [2.24, 2.45) is 11.8 Å². The summed E-state index contributed by atoms with van der Waals surface area (Å²) >= 11 is 9.86. The van der Waals surface area contributed by atoms with E-state index in [0.717, 1.165) is 124 Å². The molecule has 0 saturated carbocycles. The molecule has 5 aromatic carbocycles. The Morgan fingerprint density at radius 1 is 0.366 bits per heavy atom. The number of aryl methyl sites for hydroxylation is 2. The van der Waals surface area contributed by atoms with Crippen LogP contribution in [0, 0.1) is 11.8 Å². The van der Waals surface area contributed by atoms with E-state index in [1.807, 2.05) is 22.7 Å². The van der Waals surface area contributed by atoms with Crippen LogP contribution in [-0.4, -0.2) is 30.7 Å². The molecule has 2 unspecified atom stereocenters. The van der Waals surface area contributed by atoms with E-state index in [-0.39, 0.29) is 0 Å². The maximum atomic E-state index is 7.29. The maximum absolute atomic E-state index is 7.29. The summed E-state index contributed by atoms with van der Waals surface area (Å²) in [6.07, 6.45) is 21.8. The lowest BCUT2D eigenvalue weighted by Crippen LogP contribution is -2.12. The summed E-state index contributed by atoms with van der Waals surface area (Å²) < 4.78 is 36.9. The van der Waals surface area contributed by atoms with Crippen LogP contribution in [-0.2, 0) is 12.8 Å². The largest absolute Gasteiger partial charge is 0.491 e. The molecule has 11 rings (SSSR count). The van der Waals surface area contributed by atoms with Crippen molar-refractivity contribution >= 4 is 111 Å². The number of aromatic nitrogens is 4. The Labute approximate surface area is 510 Å². The van der Waals surface area contributed by atoms with Gasteiger partial charge in [0.15, 0.2) is 0 Å². The van der Waals surface area contributed by atoms with Gasteiger partial charge in [0.1, 0.15) is 33.6 Å². The van der Waals surface area contributed by atoms with E-state index in [9.17, 15) is 0 Å². The van der Waals surface area contributed by atoms with Crippen molar-refractivity contribution in [1.82, 2.24) is 17.5 Å². The molecule has 6 aromatic heterocycles. The van der Waals surface area contributed by atoms with E-state index < -0.39 is 0 Å². The summed E-state index contributed by atoms with van der Waals surface area (Å²) in [7, 11) is 0. The zero-order valence-corrected chi connectivity index (χ0v) is 53.6. The third kappa shape index (κ3) is 13.0. The number of hydrogen-bond acceptors (Lipinski definition) is 12. The molecule has 0 aliphatic rings. The molecule has 0 saturated heterocycles. The number of hydrogen-bond donors (Lipinski definition) is 0. The number of ether oxygens (including phenoxy) is 2. The highest BCUT2D eigenvalue weighted by molar-refractivity contribution is 7.25. The first-order valence-electron chi connectivity index (χ1n) is 30.6. The molecule has 0 bridgehead atoms. The lowest BCUT2D eigenvalue weighted by Gasteiger charge is -2.19. The van der Waals surface area contributed by atoms with Crippen LogP contribution in [0.25, 0.3) is 105 Å². The van der Waals surface area contributed by atoms with E-state index in [0.29, 0.717) is 25.0 Å². The van der Waals surface area contributed by atoms with Crippen LogP contribution in [0.3, 0.4) is 0 Å². The third-order valence-corrected chi connectivity index (χ3v) is 22.3. The van der Waals surface area contributed by atoms with Gasteiger partial charge in [-0.1, -0.05) is 191 Å². The minimum Gasteiger partial charge on any atom is -0.491 e. The fraction of sp³-hybridized carbons (Fsp3) is 0.400. The van der Waals surface area contributed by atoms with Crippen LogP contribution in [0.15, 0.2) is 109 Å². The van der Waals surface area contributed by atoms with Crippen molar-refractivity contribution < 1.29 is 9.47 Å². The second-order valence-electron chi connectivity index (χ2n) is 22.4. The summed E-state index contributed by atoms with van der Waals surface area (Å²) in [6.45, 7) is 15.1. The van der Waals surface area contributed by atoms with Crippen LogP contribution >= 0.6 is 68.8 Å². The first kappa shape index (κ1) is 58.4. The van der Waals surface area contributed by atoms with Gasteiger partial charge in [-0.15, -0.1) is 45.3 Å². The normalized spacial score (nSPS) is 12.7. The zero-order valence-electron chi connectivity index (χ0n) is 48.7. The average Bonchev–Trinajstić information content (AvgIpc) is 4.43. The number of rotatable bonds is 30. The standard InChI is InChI=1S/C70H78N4O2S6/c1-7-13-17-19-23-47-25-29-49(30-26-47)57-37-39-59(77-57)51-33-35-53(65-63(51)71-81-73-65)61-41-55-67(75-43-45(11-5)21-15-9-3)70-56(68(69(55)79-61)76-44-46(12-6)22-16-10-4)42-62(80-70)54-36-34-52(64-66(54)74-82-72-64)60-40-38-58(78-60)50-31-27-48(28-32-50)24-20-18-14-8-2/h25-42,45-46H,7-24,43-44H2,1-6H3. The molecule has 0 N–H and O–H groups in total. The minimum atomic E-state index is 0.457. The fourth-order valence-corrected chi connectivity index (χ4v) is 17.1. The van der Waals surface area contributed by atoms with E-state index in [1.54, 1.807) is 22.7 Å². The Balaban J connectivity index is 0.970. The van der Waals surface area contributed by atoms with Crippen molar-refractivity contribution in [3.05, 3.63) is 120 Å². The molecule has 0 fully saturated rings. The molecule has 0 amide bonds. The highest BCUT2D eigenvalue weighted by atomic mass is 32.1. The zero-order chi connectivity index (χ0) is 56.4. The SMILES string of the molecule is CCCCCCc1ccc(-c2ccc(-c3ccc(-c4cc5c(OCC(CC)CCCC)c6sc(-c7ccc(-c8ccc(-c9ccc(CCCCCC)cc9)s8)c8nsnc78)cc6c(OCC(CC)CCCC)c5s4)c4nsnc34)s2)cc1. The van der Waals surface area contributed by atoms with Gasteiger partial charge >= 0.3 is 0 Å². The molecule has 82 heavy (non-hydrogen) atoms. The van der Waals surface area contributed by atoms with Gasteiger partial charge in [-0.25, -0.2) is 0 Å². The van der Waals surface area contributed by atoms with Gasteiger partial charge in [0.2, 0.25) is 0 Å². The fourth-order valence-electron chi connectivity index (χ4n) is 11.4. The molecule has 11 aromatic rings. The molecule has 426 valence electrons. The van der Waals surface area contributed by atoms with Gasteiger partial charge in [0.25, 0.3) is 0 Å². The molecular formula is C70H78N4O2S6. The summed E-state index contributed by atoms with van der Waals surface area (Å²) in [4.78, 5) is 7.22. The monoisotopic (exact) mass is 1200 g/mol. The predicted molar refractivity (Wildman–Crippen MR) is 361 cm³/mol. The number of benzene rings is 5. The molecule has 0 aliphatic heterocycles. The van der Waals surface area contributed by atoms with E-state index in [4.69, 9.17) is 27.0 Å². The number of nitrogens with zero attached hydrogens (tertiary/aromatic N) is 4. The first-order valence-corrected chi connectivity index (χ1v) is 35.3. The second-order valence-corrected chi connectivity index (χ2v) is 27.7. The highest BCUT2D eigenvalue weighted by Gasteiger charge is 2.27. The Bertz CT molecular complexity index is 3540. The highest BCUT2D eigenvalue weighted by Crippen LogP contribution is 2.54. The van der Waals surface area contributed by atoms with Crippen LogP contribution < -0.4 is 9.47 Å². The van der Waals surface area contributed by atoms with Gasteiger partial charge in [-0.2, -0.15) is 17.5 Å². The summed E-state index contributed by atoms with van der Waals surface area (Å²) in [5, 5.41) is 2.20. The third-order valence-electron chi connectivity index (χ3n) is 16.6. The smallest absolute Gasteiger partial charge is 0.146 e. The van der Waals surface area contributed by atoms with E-state index in [2.05, 4.69) is 151 Å². The number of thiophene rings is 4. The minimum absolute atomic E-state index is 0.457. The van der Waals surface area contributed by atoms with Crippen molar-refractivity contribution in [3.63, 3.8) is 0 Å². The van der Waals surface area contributed by atoms with Gasteiger partial charge in [0, 0.05) is 62.3 Å². The summed E-state index contributed by atoms with van der Waals surface area (Å²) in [6, 6.07) is 41.3. The van der Waals surface area contributed by atoms with Crippen molar-refractivity contribution in [2.45, 2.75) is 157 Å². The van der Waals surface area contributed by atoms with Gasteiger partial charge < -0.3 is 9.47 Å². The van der Waals surface area contributed by atoms with Gasteiger partial charge in [-0.05, 0) is 109 Å². The van der Waals surface area contributed by atoms with E-state index in [1.165, 1.54) is 142 Å². The van der Waals surface area contributed by atoms with Gasteiger partial charge in [0.05, 0.1) is 46.1 Å². The quantitative estimate of drug-likeness (QED) is 0.0418. The van der Waals surface area contributed by atoms with E-state index >= 15 is 0 Å². The lowest BCUT2D eigenvalue weighted by molar-refractivity contribution is 0.235. The van der Waals surface area contributed by atoms with Crippen molar-refractivity contribution in [3.8, 4) is 74.1 Å². The van der Waals surface area contributed by atoms with Crippen molar-refractivity contribution in [2.75, 3.05) is 13.2 Å². The van der Waals surface area contributed by atoms with Crippen molar-refractivity contribution in [1.29, 1.82) is 0 Å². The molecule has 2 atom stereocenters. The Morgan fingerprint density at radius 2 is 0.732 bits per heavy atom. The number of unbranched alkanes of at least 4 members (excludes halogenated alkanes) is 8. The van der Waals surface area contributed by atoms with Crippen LogP contribution in [0.1, 0.15) is 155 Å².